The number of anilines is 1. The molecule has 0 bridgehead atoms. The summed E-state index contributed by atoms with van der Waals surface area (Å²) >= 11 is 12.5. The van der Waals surface area contributed by atoms with Crippen LogP contribution in [0.3, 0.4) is 0 Å². The number of nitrogens with one attached hydrogen (secondary N) is 1. The van der Waals surface area contributed by atoms with Gasteiger partial charge in [0, 0.05) is 28.6 Å². The van der Waals surface area contributed by atoms with Crippen molar-refractivity contribution >= 4 is 149 Å². The Labute approximate surface area is 470 Å². The number of hydrogen-bond donors (Lipinski definition) is 4. The first kappa shape index (κ1) is 57.6. The topological polar surface area (TPSA) is 284 Å². The van der Waals surface area contributed by atoms with Crippen molar-refractivity contribution < 1.29 is 55.5 Å². The summed E-state index contributed by atoms with van der Waals surface area (Å²) in [6.07, 6.45) is 0.922. The summed E-state index contributed by atoms with van der Waals surface area (Å²) in [6.45, 7) is 3.59. The van der Waals surface area contributed by atoms with E-state index >= 15 is 0 Å². The molecule has 0 radical (unpaired) electrons. The number of methoxy groups -OCH3 is 2. The molecule has 380 valence electrons. The van der Waals surface area contributed by atoms with Crippen LogP contribution in [0.25, 0.3) is 21.5 Å². The molecule has 0 aliphatic carbocycles. The molecule has 18 nitrogen and oxygen atoms in total. The molecule has 0 aliphatic rings. The van der Waals surface area contributed by atoms with Crippen LogP contribution in [0.4, 0.5) is 34.1 Å². The van der Waals surface area contributed by atoms with Gasteiger partial charge in [-0.25, -0.2) is 0 Å². The second kappa shape index (κ2) is 24.7. The molecule has 8 rings (SSSR count). The zero-order chi connectivity index (χ0) is 53.5. The molecule has 8 aromatic rings. The van der Waals surface area contributed by atoms with E-state index in [1.807, 2.05) is 0 Å². The van der Waals surface area contributed by atoms with Gasteiger partial charge in [0.25, 0.3) is 26.1 Å². The Morgan fingerprint density at radius 2 is 1.08 bits per heavy atom. The van der Waals surface area contributed by atoms with Gasteiger partial charge in [0.2, 0.25) is 0 Å². The SMILES string of the molecule is CCc1cc(Cl)c(N=Nc2c(O)c(C(=O)Nc3cccc(OC)c3)cc3ccccc23)c(S(=O)(=O)O)c1.CCc1cc(Cl)c(N=Nc2c([O-])c(C([O-])=Nc3cccc(OC)c3)cc3ccccc23)c(S(=O)(=O)O)c1.[Ca+2]. The van der Waals surface area contributed by atoms with Crippen molar-refractivity contribution in [1.82, 2.24) is 0 Å². The minimum absolute atomic E-state index is 0. The molecule has 0 fully saturated rings. The second-order valence-electron chi connectivity index (χ2n) is 15.9. The maximum atomic E-state index is 13.4. The number of hydrogen-bond acceptors (Lipinski definition) is 15. The number of ether oxygens (including phenoxy) is 2. The molecule has 0 saturated carbocycles. The van der Waals surface area contributed by atoms with Crippen molar-refractivity contribution in [3.63, 3.8) is 0 Å². The number of rotatable bonds is 14. The number of benzene rings is 8. The fraction of sp³-hybridized carbons (Fsp3) is 0.115. The molecule has 0 spiro atoms. The van der Waals surface area contributed by atoms with E-state index in [2.05, 4.69) is 30.8 Å². The van der Waals surface area contributed by atoms with Crippen LogP contribution >= 0.6 is 23.2 Å². The Kier molecular flexibility index (Phi) is 19.0. The average molecular weight is 1120 g/mol. The van der Waals surface area contributed by atoms with E-state index in [0.717, 1.165) is 0 Å². The fourth-order valence-electron chi connectivity index (χ4n) is 7.37. The van der Waals surface area contributed by atoms with E-state index in [1.165, 1.54) is 50.6 Å². The minimum atomic E-state index is -4.70. The fourth-order valence-corrected chi connectivity index (χ4v) is 9.43. The third-order valence-corrected chi connectivity index (χ3v) is 13.4. The molecule has 4 N–H and O–H groups in total. The predicted molar refractivity (Wildman–Crippen MR) is 285 cm³/mol. The summed E-state index contributed by atoms with van der Waals surface area (Å²) in [6, 6.07) is 35.2. The summed E-state index contributed by atoms with van der Waals surface area (Å²) in [5.41, 5.74) is 0.611. The molecule has 1 amide bonds. The molecule has 8 aromatic carbocycles. The van der Waals surface area contributed by atoms with E-state index in [1.54, 1.807) is 111 Å². The number of amides is 1. The predicted octanol–water partition coefficient (Wildman–Crippen LogP) is 11.5. The first-order valence-electron chi connectivity index (χ1n) is 22.0. The number of nitrogens with zero attached hydrogens (tertiary/aromatic N) is 5. The number of carbonyl (C=O) groups is 1. The van der Waals surface area contributed by atoms with Gasteiger partial charge in [0.15, 0.2) is 5.75 Å². The summed E-state index contributed by atoms with van der Waals surface area (Å²) in [7, 11) is -6.40. The maximum Gasteiger partial charge on any atom is 2.00 e. The zero-order valence-electron chi connectivity index (χ0n) is 40.1. The Morgan fingerprint density at radius 3 is 1.60 bits per heavy atom. The van der Waals surface area contributed by atoms with Crippen molar-refractivity contribution in [1.29, 1.82) is 0 Å². The number of halogens is 2. The summed E-state index contributed by atoms with van der Waals surface area (Å²) < 4.78 is 77.8. The van der Waals surface area contributed by atoms with Gasteiger partial charge in [0.05, 0.1) is 41.2 Å². The Hall–Kier alpha value is -6.72. The van der Waals surface area contributed by atoms with Crippen LogP contribution in [0.1, 0.15) is 40.9 Å². The van der Waals surface area contributed by atoms with Gasteiger partial charge < -0.3 is 30.1 Å². The van der Waals surface area contributed by atoms with Gasteiger partial charge in [-0.3, -0.25) is 18.9 Å². The van der Waals surface area contributed by atoms with Crippen LogP contribution in [0.5, 0.6) is 23.0 Å². The van der Waals surface area contributed by atoms with Crippen molar-refractivity contribution in [2.75, 3.05) is 19.5 Å². The number of aromatic hydroxyl groups is 1. The number of azo groups is 2. The monoisotopic (exact) mass is 1120 g/mol. The molecule has 23 heteroatoms. The van der Waals surface area contributed by atoms with Crippen LogP contribution < -0.4 is 25.0 Å². The minimum Gasteiger partial charge on any atom is -0.871 e. The normalized spacial score (nSPS) is 11.9. The molecule has 0 aromatic heterocycles. The molecule has 0 atom stereocenters. The Bertz CT molecular complexity index is 3830. The van der Waals surface area contributed by atoms with Crippen LogP contribution in [0.2, 0.25) is 10.0 Å². The quantitative estimate of drug-likeness (QED) is 0.0260. The van der Waals surface area contributed by atoms with E-state index < -0.39 is 53.3 Å². The van der Waals surface area contributed by atoms with E-state index in [9.17, 15) is 46.1 Å². The zero-order valence-corrected chi connectivity index (χ0v) is 45.5. The van der Waals surface area contributed by atoms with Crippen LogP contribution in [0.15, 0.2) is 169 Å². The van der Waals surface area contributed by atoms with E-state index in [4.69, 9.17) is 32.7 Å². The van der Waals surface area contributed by atoms with Gasteiger partial charge in [0.1, 0.15) is 38.4 Å². The van der Waals surface area contributed by atoms with Gasteiger partial charge in [-0.1, -0.05) is 103 Å². The number of phenols is 1. The number of aliphatic imine (C=N–C) groups is 1. The smallest absolute Gasteiger partial charge is 0.871 e. The summed E-state index contributed by atoms with van der Waals surface area (Å²) in [4.78, 5) is 16.1. The van der Waals surface area contributed by atoms with E-state index in [0.29, 0.717) is 68.4 Å². The van der Waals surface area contributed by atoms with Gasteiger partial charge in [-0.2, -0.15) is 21.9 Å². The molecular formula is C52H42CaCl2N6O12S2. The molecule has 0 saturated heterocycles. The van der Waals surface area contributed by atoms with Crippen LogP contribution in [0, 0.1) is 0 Å². The number of phenolic OH excluding ortho intramolecular Hbond substituents is 1. The van der Waals surface area contributed by atoms with Crippen molar-refractivity contribution in [3.05, 3.63) is 166 Å². The largest absolute Gasteiger partial charge is 2.00 e. The summed E-state index contributed by atoms with van der Waals surface area (Å²) in [5.74, 6) is -1.62. The summed E-state index contributed by atoms with van der Waals surface area (Å²) in [5, 5.41) is 57.9. The number of carbonyl (C=O) groups excluding carboxylic acids is 1. The Balaban J connectivity index is 0.000000241. The number of aryl methyl sites for hydroxylation is 2. The maximum absolute atomic E-state index is 13.4. The standard InChI is InChI=1S/2C26H22ClN3O6S.Ca/c2*1-3-15-11-21(27)24(22(12-15)37(33,34)35)30-29-23-19-10-5-4-7-16(19)13-20(25(23)31)26(32)28-17-8-6-9-18(14-17)36-2;/h2*4-14,31H,3H2,1-2H3,(H,28,32)(H,33,34,35);/q;;+2/p-2. The number of fused-ring (bicyclic) bond motifs is 2. The van der Waals surface area contributed by atoms with Crippen molar-refractivity contribution in [3.8, 4) is 23.0 Å². The van der Waals surface area contributed by atoms with Crippen molar-refractivity contribution in [2.45, 2.75) is 36.5 Å². The first-order chi connectivity index (χ1) is 35.2. The van der Waals surface area contributed by atoms with E-state index in [-0.39, 0.29) is 81.7 Å². The molecule has 0 heterocycles. The molecule has 0 unspecified atom stereocenters. The Morgan fingerprint density at radius 1 is 0.613 bits per heavy atom. The van der Waals surface area contributed by atoms with Crippen LogP contribution in [-0.2, 0) is 33.1 Å². The van der Waals surface area contributed by atoms with Crippen molar-refractivity contribution in [2.24, 2.45) is 25.4 Å². The van der Waals surface area contributed by atoms with Gasteiger partial charge >= 0.3 is 37.7 Å². The second-order valence-corrected chi connectivity index (χ2v) is 19.5. The molecular weight excluding hydrogens is 1080 g/mol. The van der Waals surface area contributed by atoms with Gasteiger partial charge in [-0.15, -0.1) is 15.3 Å². The van der Waals surface area contributed by atoms with Gasteiger partial charge in [-0.05, 0) is 107 Å². The average Bonchev–Trinajstić information content (AvgIpc) is 3.37. The molecule has 0 aliphatic heterocycles. The molecule has 75 heavy (non-hydrogen) atoms. The third-order valence-electron chi connectivity index (χ3n) is 11.1. The third kappa shape index (κ3) is 13.6. The van der Waals surface area contributed by atoms with Crippen LogP contribution in [-0.4, -0.2) is 94.8 Å². The first-order valence-corrected chi connectivity index (χ1v) is 25.6.